The van der Waals surface area contributed by atoms with Gasteiger partial charge in [-0.25, -0.2) is 0 Å². The van der Waals surface area contributed by atoms with E-state index in [0.29, 0.717) is 11.1 Å². The Morgan fingerprint density at radius 2 is 1.17 bits per heavy atom. The van der Waals surface area contributed by atoms with Gasteiger partial charge in [0, 0.05) is 21.7 Å². The monoisotopic (exact) mass is 414 g/mol. The van der Waals surface area contributed by atoms with Crippen LogP contribution in [-0.4, -0.2) is 16.4 Å². The number of aromatic hydroxyl groups is 2. The average Bonchev–Trinajstić information content (AvgIpc) is 2.74. The number of carbonyl (C=O) groups excluding carboxylic acids is 1. The van der Waals surface area contributed by atoms with E-state index >= 15 is 0 Å². The molecule has 0 atom stereocenters. The minimum Gasteiger partial charge on any atom is -0.507 e. The van der Waals surface area contributed by atoms with E-state index in [1.807, 2.05) is 38.1 Å². The van der Waals surface area contributed by atoms with Crippen molar-refractivity contribution in [1.29, 1.82) is 0 Å². The minimum atomic E-state index is -1.20. The molecule has 30 heavy (non-hydrogen) atoms. The number of phenols is 2. The van der Waals surface area contributed by atoms with Crippen molar-refractivity contribution in [2.45, 2.75) is 52.6 Å². The lowest BCUT2D eigenvalue weighted by atomic mass is 10.1. The quantitative estimate of drug-likeness (QED) is 0.387. The van der Waals surface area contributed by atoms with Crippen LogP contribution in [0.5, 0.6) is 11.5 Å². The Morgan fingerprint density at radius 1 is 0.767 bits per heavy atom. The van der Waals surface area contributed by atoms with Gasteiger partial charge in [0.1, 0.15) is 11.5 Å². The largest absolute Gasteiger partial charge is 0.565 e. The third-order valence-corrected chi connectivity index (χ3v) is 4.27. The highest BCUT2D eigenvalue weighted by molar-refractivity contribution is 5.59. The van der Waals surface area contributed by atoms with Gasteiger partial charge in [-0.1, -0.05) is 63.1 Å². The second-order valence-electron chi connectivity index (χ2n) is 6.54. The highest BCUT2D eigenvalue weighted by Gasteiger charge is 2.08. The standard InChI is InChI=1S/C21H26N4O5/c1-3-7-15-9-5-11-17(19(15)26)13-22-24-29-21(28)30-25-23-14-18-12-6-10-16(8-4-2)20(18)27/h5-6,9-12,26-27H,3-4,7-8,13-14H2,1-2H3. The van der Waals surface area contributed by atoms with Gasteiger partial charge in [0.05, 0.1) is 13.1 Å². The molecular formula is C21H26N4O5. The Labute approximate surface area is 175 Å². The summed E-state index contributed by atoms with van der Waals surface area (Å²) in [6.07, 6.45) is 2.13. The van der Waals surface area contributed by atoms with Gasteiger partial charge in [-0.3, -0.25) is 9.68 Å². The molecule has 0 heterocycles. The van der Waals surface area contributed by atoms with Crippen LogP contribution in [0.1, 0.15) is 48.9 Å². The molecule has 0 saturated carbocycles. The van der Waals surface area contributed by atoms with E-state index in [-0.39, 0.29) is 24.6 Å². The molecule has 0 aliphatic heterocycles. The first-order chi connectivity index (χ1) is 14.6. The molecule has 0 aliphatic rings. The number of nitrogens with zero attached hydrogens (tertiary/aromatic N) is 4. The highest BCUT2D eigenvalue weighted by atomic mass is 16.9. The van der Waals surface area contributed by atoms with Crippen LogP contribution in [0.2, 0.25) is 0 Å². The zero-order chi connectivity index (χ0) is 21.8. The lowest BCUT2D eigenvalue weighted by molar-refractivity contribution is 0.0455. The van der Waals surface area contributed by atoms with E-state index in [2.05, 4.69) is 30.5 Å². The summed E-state index contributed by atoms with van der Waals surface area (Å²) in [6, 6.07) is 10.8. The molecule has 0 aliphatic carbocycles. The van der Waals surface area contributed by atoms with Crippen LogP contribution >= 0.6 is 0 Å². The van der Waals surface area contributed by atoms with Crippen molar-refractivity contribution < 1.29 is 24.7 Å². The van der Waals surface area contributed by atoms with E-state index in [4.69, 9.17) is 0 Å². The lowest BCUT2D eigenvalue weighted by Crippen LogP contribution is -1.98. The number of phenolic OH excluding ortho intramolecular Hbond substituents is 2. The molecule has 160 valence electrons. The summed E-state index contributed by atoms with van der Waals surface area (Å²) in [5, 5.41) is 34.2. The van der Waals surface area contributed by atoms with Crippen LogP contribution in [0.4, 0.5) is 4.79 Å². The molecule has 9 heteroatoms. The SMILES string of the molecule is CCCc1cccc(CN=NOC(=O)ON=NCc2cccc(CCC)c2O)c1O. The molecule has 2 aromatic carbocycles. The maximum absolute atomic E-state index is 11.4. The van der Waals surface area contributed by atoms with Crippen LogP contribution in [-0.2, 0) is 35.6 Å². The molecule has 0 bridgehead atoms. The zero-order valence-corrected chi connectivity index (χ0v) is 17.1. The molecule has 2 N–H and O–H groups in total. The fourth-order valence-corrected chi connectivity index (χ4v) is 2.84. The first-order valence-corrected chi connectivity index (χ1v) is 9.77. The third kappa shape index (κ3) is 6.84. The van der Waals surface area contributed by atoms with Crippen LogP contribution in [0, 0.1) is 0 Å². The number of rotatable bonds is 10. The van der Waals surface area contributed by atoms with Gasteiger partial charge in [-0.05, 0) is 24.0 Å². The minimum absolute atomic E-state index is 0.0472. The molecule has 0 radical (unpaired) electrons. The molecule has 2 aromatic rings. The summed E-state index contributed by atoms with van der Waals surface area (Å²) in [6.45, 7) is 4.14. The number of hydrogen-bond acceptors (Lipinski definition) is 9. The fraction of sp³-hybridized carbons (Fsp3) is 0.381. The first-order valence-electron chi connectivity index (χ1n) is 9.77. The Balaban J connectivity index is 1.78. The summed E-state index contributed by atoms with van der Waals surface area (Å²) >= 11 is 0. The molecule has 0 aromatic heterocycles. The Hall–Kier alpha value is -3.49. The van der Waals surface area contributed by atoms with Crippen molar-refractivity contribution in [3.05, 3.63) is 58.7 Å². The van der Waals surface area contributed by atoms with Gasteiger partial charge in [0.15, 0.2) is 0 Å². The zero-order valence-electron chi connectivity index (χ0n) is 17.1. The molecule has 0 unspecified atom stereocenters. The fourth-order valence-electron chi connectivity index (χ4n) is 2.84. The molecule has 0 fully saturated rings. The van der Waals surface area contributed by atoms with Crippen molar-refractivity contribution in [2.75, 3.05) is 0 Å². The first kappa shape index (κ1) is 22.8. The van der Waals surface area contributed by atoms with Gasteiger partial charge in [0.2, 0.25) is 0 Å². The third-order valence-electron chi connectivity index (χ3n) is 4.27. The summed E-state index contributed by atoms with van der Waals surface area (Å²) in [4.78, 5) is 20.3. The number of para-hydroxylation sites is 2. The normalized spacial score (nSPS) is 11.3. The maximum Gasteiger partial charge on any atom is 0.565 e. The van der Waals surface area contributed by atoms with Crippen molar-refractivity contribution in [2.24, 2.45) is 20.8 Å². The van der Waals surface area contributed by atoms with Crippen molar-refractivity contribution in [3.8, 4) is 11.5 Å². The topological polar surface area (TPSA) is 125 Å². The van der Waals surface area contributed by atoms with E-state index in [9.17, 15) is 15.0 Å². The summed E-state index contributed by atoms with van der Waals surface area (Å²) < 4.78 is 0. The molecule has 0 spiro atoms. The van der Waals surface area contributed by atoms with Crippen LogP contribution in [0.15, 0.2) is 57.2 Å². The second-order valence-corrected chi connectivity index (χ2v) is 6.54. The van der Waals surface area contributed by atoms with E-state index < -0.39 is 6.16 Å². The summed E-state index contributed by atoms with van der Waals surface area (Å²) in [7, 11) is 0. The Bertz CT molecular complexity index is 827. The van der Waals surface area contributed by atoms with E-state index in [1.165, 1.54) is 0 Å². The lowest BCUT2D eigenvalue weighted by Gasteiger charge is -2.06. The maximum atomic E-state index is 11.4. The van der Waals surface area contributed by atoms with Crippen LogP contribution < -0.4 is 0 Å². The average molecular weight is 414 g/mol. The Kier molecular flexibility index (Phi) is 9.23. The van der Waals surface area contributed by atoms with Crippen LogP contribution in [0.3, 0.4) is 0 Å². The van der Waals surface area contributed by atoms with Crippen molar-refractivity contribution in [3.63, 3.8) is 0 Å². The van der Waals surface area contributed by atoms with Gasteiger partial charge < -0.3 is 10.2 Å². The predicted molar refractivity (Wildman–Crippen MR) is 109 cm³/mol. The van der Waals surface area contributed by atoms with Crippen LogP contribution in [0.25, 0.3) is 0 Å². The molecular weight excluding hydrogens is 388 g/mol. The van der Waals surface area contributed by atoms with Gasteiger partial charge in [-0.15, -0.1) is 10.2 Å². The predicted octanol–water partition coefficient (Wildman–Crippen LogP) is 5.59. The van der Waals surface area contributed by atoms with Gasteiger partial charge in [-0.2, -0.15) is 4.79 Å². The number of benzene rings is 2. The Morgan fingerprint density at radius 3 is 1.57 bits per heavy atom. The molecule has 2 rings (SSSR count). The van der Waals surface area contributed by atoms with Gasteiger partial charge >= 0.3 is 6.16 Å². The van der Waals surface area contributed by atoms with Crippen molar-refractivity contribution in [1.82, 2.24) is 0 Å². The highest BCUT2D eigenvalue weighted by Crippen LogP contribution is 2.25. The number of aryl methyl sites for hydroxylation is 2. The van der Waals surface area contributed by atoms with E-state index in [1.54, 1.807) is 12.1 Å². The van der Waals surface area contributed by atoms with Gasteiger partial charge in [0.25, 0.3) is 0 Å². The molecule has 0 amide bonds. The number of carbonyl (C=O) groups is 1. The second kappa shape index (κ2) is 12.2. The molecule has 0 saturated heterocycles. The smallest absolute Gasteiger partial charge is 0.507 e. The van der Waals surface area contributed by atoms with E-state index in [0.717, 1.165) is 36.8 Å². The summed E-state index contributed by atoms with van der Waals surface area (Å²) in [5.74, 6) is 0.335. The van der Waals surface area contributed by atoms with Crippen molar-refractivity contribution >= 4 is 6.16 Å². The number of hydrogen-bond donors (Lipinski definition) is 2. The molecule has 9 nitrogen and oxygen atoms in total. The summed E-state index contributed by atoms with van der Waals surface area (Å²) in [5.41, 5.74) is 2.81.